The van der Waals surface area contributed by atoms with Crippen LogP contribution in [0.5, 0.6) is 5.75 Å². The Kier molecular flexibility index (Phi) is 9.85. The summed E-state index contributed by atoms with van der Waals surface area (Å²) in [5.41, 5.74) is 2.08. The number of ether oxygens (including phenoxy) is 2. The van der Waals surface area contributed by atoms with E-state index in [1.807, 2.05) is 37.3 Å². The number of Topliss-reactive ketones (excluding diaryl/α,β-unsaturated/α-hetero) is 1. The van der Waals surface area contributed by atoms with Gasteiger partial charge in [0.15, 0.2) is 5.78 Å². The normalized spacial score (nSPS) is 11.8. The number of aryl methyl sites for hydroxylation is 1. The summed E-state index contributed by atoms with van der Waals surface area (Å²) in [7, 11) is -4.17. The predicted octanol–water partition coefficient (Wildman–Crippen LogP) is 4.64. The number of esters is 1. The Morgan fingerprint density at radius 2 is 1.71 bits per heavy atom. The molecule has 0 aliphatic heterocycles. The van der Waals surface area contributed by atoms with Crippen molar-refractivity contribution in [2.24, 2.45) is 5.92 Å². The van der Waals surface area contributed by atoms with Gasteiger partial charge < -0.3 is 13.9 Å². The summed E-state index contributed by atoms with van der Waals surface area (Å²) in [5.74, 6) is -1.86. The van der Waals surface area contributed by atoms with Crippen LogP contribution in [0.25, 0.3) is 11.5 Å². The van der Waals surface area contributed by atoms with E-state index in [4.69, 9.17) is 13.9 Å². The van der Waals surface area contributed by atoms with E-state index in [1.165, 1.54) is 24.3 Å². The number of rotatable bonds is 13. The first-order valence-corrected chi connectivity index (χ1v) is 14.6. The van der Waals surface area contributed by atoms with Gasteiger partial charge in [-0.1, -0.05) is 42.5 Å². The Hall–Kier alpha value is -4.79. The van der Waals surface area contributed by atoms with Gasteiger partial charge in [0.25, 0.3) is 0 Å². The van der Waals surface area contributed by atoms with Crippen LogP contribution in [0.1, 0.15) is 34.3 Å². The molecule has 11 heteroatoms. The lowest BCUT2D eigenvalue weighted by atomic mass is 9.99. The first kappa shape index (κ1) is 30.2. The van der Waals surface area contributed by atoms with E-state index in [2.05, 4.69) is 9.71 Å². The van der Waals surface area contributed by atoms with Crippen molar-refractivity contribution < 1.29 is 31.9 Å². The lowest BCUT2D eigenvalue weighted by Gasteiger charge is -2.13. The number of nitriles is 1. The van der Waals surface area contributed by atoms with E-state index in [0.29, 0.717) is 30.2 Å². The summed E-state index contributed by atoms with van der Waals surface area (Å²) in [5, 5.41) is 9.34. The molecule has 1 unspecified atom stereocenters. The number of carbonyl (C=O) groups is 2. The van der Waals surface area contributed by atoms with Crippen LogP contribution in [0.15, 0.2) is 88.2 Å². The summed E-state index contributed by atoms with van der Waals surface area (Å²) < 4.78 is 45.1. The summed E-state index contributed by atoms with van der Waals surface area (Å²) in [6.45, 7) is 3.69. The SMILES string of the molecule is CCOC(=O)C(C#N)C(=O)c1ccccc1S(=O)(=O)NCc1ccc(OCCc2nc(-c3ccccc3)oc2C)cc1. The number of nitrogens with one attached hydrogen (secondary N) is 1. The maximum absolute atomic E-state index is 13.1. The molecule has 0 fully saturated rings. The zero-order chi connectivity index (χ0) is 30.1. The van der Waals surface area contributed by atoms with Crippen LogP contribution in [0.2, 0.25) is 0 Å². The number of benzene rings is 3. The number of oxazole rings is 1. The van der Waals surface area contributed by atoms with Gasteiger partial charge in [-0.25, -0.2) is 18.1 Å². The number of hydrogen-bond acceptors (Lipinski definition) is 9. The average molecular weight is 588 g/mol. The highest BCUT2D eigenvalue weighted by atomic mass is 32.2. The zero-order valence-corrected chi connectivity index (χ0v) is 23.9. The van der Waals surface area contributed by atoms with Crippen LogP contribution < -0.4 is 9.46 Å². The zero-order valence-electron chi connectivity index (χ0n) is 23.1. The molecule has 0 saturated heterocycles. The second-order valence-corrected chi connectivity index (χ2v) is 10.9. The Morgan fingerprint density at radius 1 is 1.02 bits per heavy atom. The van der Waals surface area contributed by atoms with Gasteiger partial charge in [-0.2, -0.15) is 5.26 Å². The summed E-state index contributed by atoms with van der Waals surface area (Å²) >= 11 is 0. The van der Waals surface area contributed by atoms with E-state index in [-0.39, 0.29) is 23.6 Å². The molecule has 0 saturated carbocycles. The van der Waals surface area contributed by atoms with Gasteiger partial charge in [0, 0.05) is 24.1 Å². The van der Waals surface area contributed by atoms with E-state index in [1.54, 1.807) is 37.3 Å². The van der Waals surface area contributed by atoms with Crippen LogP contribution in [-0.4, -0.2) is 38.4 Å². The molecule has 0 aliphatic rings. The van der Waals surface area contributed by atoms with Crippen molar-refractivity contribution in [1.82, 2.24) is 9.71 Å². The van der Waals surface area contributed by atoms with E-state index in [0.717, 1.165) is 17.0 Å². The van der Waals surface area contributed by atoms with Gasteiger partial charge >= 0.3 is 5.97 Å². The monoisotopic (exact) mass is 587 g/mol. The van der Waals surface area contributed by atoms with Crippen LogP contribution in [-0.2, 0) is 32.5 Å². The molecular weight excluding hydrogens is 558 g/mol. The van der Waals surface area contributed by atoms with Gasteiger partial charge in [-0.05, 0) is 55.8 Å². The minimum atomic E-state index is -4.17. The lowest BCUT2D eigenvalue weighted by molar-refractivity contribution is -0.144. The third-order valence-electron chi connectivity index (χ3n) is 6.27. The number of ketones is 1. The van der Waals surface area contributed by atoms with E-state index in [9.17, 15) is 23.3 Å². The summed E-state index contributed by atoms with van der Waals surface area (Å²) in [6.07, 6.45) is 0.546. The van der Waals surface area contributed by atoms with Crippen LogP contribution in [0, 0.1) is 24.2 Å². The second kappa shape index (κ2) is 13.7. The summed E-state index contributed by atoms with van der Waals surface area (Å²) in [4.78, 5) is 29.2. The lowest BCUT2D eigenvalue weighted by Crippen LogP contribution is -2.29. The van der Waals surface area contributed by atoms with Crippen molar-refractivity contribution in [2.75, 3.05) is 13.2 Å². The van der Waals surface area contributed by atoms with Crippen LogP contribution >= 0.6 is 0 Å². The molecule has 1 heterocycles. The molecule has 0 radical (unpaired) electrons. The van der Waals surface area contributed by atoms with Crippen molar-refractivity contribution in [3.05, 3.63) is 101 Å². The van der Waals surface area contributed by atoms with Crippen molar-refractivity contribution in [1.29, 1.82) is 5.26 Å². The molecule has 1 atom stereocenters. The Bertz CT molecular complexity index is 1690. The van der Waals surface area contributed by atoms with Crippen LogP contribution in [0.4, 0.5) is 0 Å². The van der Waals surface area contributed by atoms with Crippen molar-refractivity contribution in [3.63, 3.8) is 0 Å². The molecule has 1 N–H and O–H groups in total. The third-order valence-corrected chi connectivity index (χ3v) is 7.73. The minimum Gasteiger partial charge on any atom is -0.493 e. The van der Waals surface area contributed by atoms with Crippen molar-refractivity contribution in [3.8, 4) is 23.3 Å². The molecule has 4 rings (SSSR count). The molecule has 0 aliphatic carbocycles. The highest BCUT2D eigenvalue weighted by molar-refractivity contribution is 7.89. The number of nitrogens with zero attached hydrogens (tertiary/aromatic N) is 2. The van der Waals surface area contributed by atoms with Gasteiger partial charge in [-0.15, -0.1) is 0 Å². The molecular formula is C31H29N3O7S. The highest BCUT2D eigenvalue weighted by Crippen LogP contribution is 2.23. The van der Waals surface area contributed by atoms with Crippen LogP contribution in [0.3, 0.4) is 0 Å². The number of sulfonamides is 1. The predicted molar refractivity (Wildman–Crippen MR) is 153 cm³/mol. The fraction of sp³-hybridized carbons (Fsp3) is 0.226. The standard InChI is InChI=1S/C31H29N3O7S/c1-3-39-31(36)26(19-32)29(35)25-11-7-8-12-28(25)42(37,38)33-20-22-13-15-24(16-14-22)40-18-17-27-21(2)41-30(34-27)23-9-5-4-6-10-23/h4-16,26,33H,3,17-18,20H2,1-2H3. The van der Waals surface area contributed by atoms with E-state index >= 15 is 0 Å². The number of hydrogen-bond donors (Lipinski definition) is 1. The third kappa shape index (κ3) is 7.28. The smallest absolute Gasteiger partial charge is 0.331 e. The fourth-order valence-corrected chi connectivity index (χ4v) is 5.32. The Labute approximate surface area is 244 Å². The van der Waals surface area contributed by atoms with Crippen molar-refractivity contribution in [2.45, 2.75) is 31.7 Å². The molecule has 0 bridgehead atoms. The first-order valence-electron chi connectivity index (χ1n) is 13.2. The Balaban J connectivity index is 1.35. The minimum absolute atomic E-state index is 0.0213. The van der Waals surface area contributed by atoms with Gasteiger partial charge in [0.1, 0.15) is 11.5 Å². The molecule has 4 aromatic rings. The molecule has 3 aromatic carbocycles. The molecule has 42 heavy (non-hydrogen) atoms. The molecule has 1 aromatic heterocycles. The number of aromatic nitrogens is 1. The van der Waals surface area contributed by atoms with Gasteiger partial charge in [-0.3, -0.25) is 9.59 Å². The van der Waals surface area contributed by atoms with Crippen molar-refractivity contribution >= 4 is 21.8 Å². The molecule has 216 valence electrons. The molecule has 0 spiro atoms. The maximum Gasteiger partial charge on any atom is 0.331 e. The number of carbonyl (C=O) groups excluding carboxylic acids is 2. The van der Waals surface area contributed by atoms with Gasteiger partial charge in [0.2, 0.25) is 21.8 Å². The topological polar surface area (TPSA) is 149 Å². The average Bonchev–Trinajstić information content (AvgIpc) is 3.38. The largest absolute Gasteiger partial charge is 0.493 e. The summed E-state index contributed by atoms with van der Waals surface area (Å²) in [6, 6.07) is 23.5. The molecule has 0 amide bonds. The Morgan fingerprint density at radius 3 is 2.40 bits per heavy atom. The quantitative estimate of drug-likeness (QED) is 0.134. The molecule has 10 nitrogen and oxygen atoms in total. The van der Waals surface area contributed by atoms with E-state index < -0.39 is 27.7 Å². The highest BCUT2D eigenvalue weighted by Gasteiger charge is 2.32. The second-order valence-electron chi connectivity index (χ2n) is 9.13. The van der Waals surface area contributed by atoms with Gasteiger partial charge in [0.05, 0.1) is 29.9 Å². The fourth-order valence-electron chi connectivity index (χ4n) is 4.09. The first-order chi connectivity index (χ1) is 20.2. The maximum atomic E-state index is 13.1.